The largest absolute Gasteiger partial charge is 0.464 e. The molecule has 2 aliphatic rings. The molecule has 4 nitrogen and oxygen atoms in total. The van der Waals surface area contributed by atoms with Crippen molar-refractivity contribution in [3.05, 3.63) is 0 Å². The zero-order valence-corrected chi connectivity index (χ0v) is 12.1. The van der Waals surface area contributed by atoms with E-state index < -0.39 is 6.04 Å². The molecule has 0 aromatic heterocycles. The molecule has 0 spiro atoms. The van der Waals surface area contributed by atoms with Crippen LogP contribution in [0.1, 0.15) is 46.5 Å². The van der Waals surface area contributed by atoms with Crippen LogP contribution in [0.5, 0.6) is 0 Å². The third-order valence-corrected chi connectivity index (χ3v) is 4.61. The topological polar surface area (TPSA) is 55.4 Å². The number of ether oxygens (including phenoxy) is 1. The summed E-state index contributed by atoms with van der Waals surface area (Å²) in [5.41, 5.74) is 0. The van der Waals surface area contributed by atoms with Crippen LogP contribution in [0.25, 0.3) is 0 Å². The van der Waals surface area contributed by atoms with E-state index >= 15 is 0 Å². The van der Waals surface area contributed by atoms with Gasteiger partial charge in [-0.2, -0.15) is 0 Å². The van der Waals surface area contributed by atoms with Gasteiger partial charge in [0.05, 0.1) is 6.61 Å². The van der Waals surface area contributed by atoms with Gasteiger partial charge in [-0.05, 0) is 30.6 Å². The third kappa shape index (κ3) is 3.28. The summed E-state index contributed by atoms with van der Waals surface area (Å²) in [4.78, 5) is 23.9. The van der Waals surface area contributed by atoms with Crippen molar-refractivity contribution in [3.63, 3.8) is 0 Å². The van der Waals surface area contributed by atoms with Gasteiger partial charge in [-0.1, -0.05) is 27.2 Å². The minimum atomic E-state index is -0.419. The Bertz CT molecular complexity index is 353. The molecule has 4 heteroatoms. The van der Waals surface area contributed by atoms with Gasteiger partial charge in [0.25, 0.3) is 0 Å². The molecule has 2 fully saturated rings. The number of hydrogen-bond acceptors (Lipinski definition) is 3. The van der Waals surface area contributed by atoms with Crippen molar-refractivity contribution in [3.8, 4) is 0 Å². The highest BCUT2D eigenvalue weighted by molar-refractivity contribution is 5.86. The second-order valence-electron chi connectivity index (χ2n) is 6.45. The number of rotatable bonds is 3. The minimum absolute atomic E-state index is 0.0501. The maximum absolute atomic E-state index is 12.4. The lowest BCUT2D eigenvalue weighted by molar-refractivity contribution is -0.142. The van der Waals surface area contributed by atoms with Crippen molar-refractivity contribution < 1.29 is 14.3 Å². The molecule has 1 aliphatic carbocycles. The van der Waals surface area contributed by atoms with Gasteiger partial charge in [-0.25, -0.2) is 4.79 Å². The first-order valence-corrected chi connectivity index (χ1v) is 7.46. The predicted molar refractivity (Wildman–Crippen MR) is 72.3 cm³/mol. The van der Waals surface area contributed by atoms with Crippen molar-refractivity contribution in [2.75, 3.05) is 6.61 Å². The lowest BCUT2D eigenvalue weighted by Gasteiger charge is -2.36. The molecular formula is C15H25NO3. The summed E-state index contributed by atoms with van der Waals surface area (Å²) < 4.78 is 4.90. The molecule has 0 aromatic rings. The van der Waals surface area contributed by atoms with E-state index in [0.29, 0.717) is 30.8 Å². The smallest absolute Gasteiger partial charge is 0.328 e. The Morgan fingerprint density at radius 3 is 2.63 bits per heavy atom. The summed E-state index contributed by atoms with van der Waals surface area (Å²) in [6.45, 7) is 7.01. The molecule has 108 valence electrons. The fraction of sp³-hybridized carbons (Fsp3) is 0.867. The van der Waals surface area contributed by atoms with E-state index in [1.807, 2.05) is 0 Å². The van der Waals surface area contributed by atoms with Gasteiger partial charge < -0.3 is 10.1 Å². The Hall–Kier alpha value is -1.06. The quantitative estimate of drug-likeness (QED) is 0.797. The molecule has 0 radical (unpaired) electrons. The monoisotopic (exact) mass is 267 g/mol. The average molecular weight is 267 g/mol. The van der Waals surface area contributed by atoms with Crippen LogP contribution in [0.3, 0.4) is 0 Å². The first-order valence-electron chi connectivity index (χ1n) is 7.46. The van der Waals surface area contributed by atoms with Crippen molar-refractivity contribution in [1.82, 2.24) is 5.32 Å². The highest BCUT2D eigenvalue weighted by Gasteiger charge is 2.37. The van der Waals surface area contributed by atoms with Crippen LogP contribution in [0.15, 0.2) is 0 Å². The van der Waals surface area contributed by atoms with Gasteiger partial charge in [0, 0.05) is 12.3 Å². The molecular weight excluding hydrogens is 242 g/mol. The van der Waals surface area contributed by atoms with Crippen LogP contribution in [-0.2, 0) is 14.3 Å². The summed E-state index contributed by atoms with van der Waals surface area (Å²) >= 11 is 0. The number of carbonyl (C=O) groups is 2. The summed E-state index contributed by atoms with van der Waals surface area (Å²) in [5, 5.41) is 2.89. The van der Waals surface area contributed by atoms with E-state index in [-0.39, 0.29) is 17.8 Å². The van der Waals surface area contributed by atoms with Crippen LogP contribution in [0.2, 0.25) is 0 Å². The number of carbonyl (C=O) groups excluding carboxylic acids is 2. The van der Waals surface area contributed by atoms with E-state index in [4.69, 9.17) is 4.74 Å². The van der Waals surface area contributed by atoms with Crippen LogP contribution in [0.4, 0.5) is 0 Å². The lowest BCUT2D eigenvalue weighted by atomic mass is 9.69. The van der Waals surface area contributed by atoms with E-state index in [1.165, 1.54) is 6.42 Å². The SMILES string of the molecule is CC1CC[C@@H](C(C)C)C(C(=O)NC2CCOC2=O)C1. The first kappa shape index (κ1) is 14.4. The van der Waals surface area contributed by atoms with Crippen LogP contribution in [0, 0.1) is 23.7 Å². The van der Waals surface area contributed by atoms with Crippen LogP contribution >= 0.6 is 0 Å². The highest BCUT2D eigenvalue weighted by atomic mass is 16.5. The molecule has 1 saturated carbocycles. The summed E-state index contributed by atoms with van der Waals surface area (Å²) in [6, 6.07) is -0.419. The Morgan fingerprint density at radius 2 is 2.05 bits per heavy atom. The fourth-order valence-electron chi connectivity index (χ4n) is 3.41. The zero-order valence-electron chi connectivity index (χ0n) is 12.1. The third-order valence-electron chi connectivity index (χ3n) is 4.61. The van der Waals surface area contributed by atoms with Gasteiger partial charge in [-0.3, -0.25) is 4.79 Å². The van der Waals surface area contributed by atoms with Crippen molar-refractivity contribution in [1.29, 1.82) is 0 Å². The molecule has 1 N–H and O–H groups in total. The second kappa shape index (κ2) is 5.93. The standard InChI is InChI=1S/C15H25NO3/c1-9(2)11-5-4-10(3)8-12(11)14(17)16-13-6-7-19-15(13)18/h9-13H,4-8H2,1-3H3,(H,16,17)/t10?,11-,12?,13?/m0/s1. The Kier molecular flexibility index (Phi) is 4.48. The molecule has 2 rings (SSSR count). The molecule has 1 amide bonds. The fourth-order valence-corrected chi connectivity index (χ4v) is 3.41. The number of hydrogen-bond donors (Lipinski definition) is 1. The molecule has 3 unspecified atom stereocenters. The van der Waals surface area contributed by atoms with Crippen molar-refractivity contribution in [2.45, 2.75) is 52.5 Å². The molecule has 1 aliphatic heterocycles. The summed E-state index contributed by atoms with van der Waals surface area (Å²) in [5.74, 6) is 1.37. The Labute approximate surface area is 115 Å². The first-order chi connectivity index (χ1) is 8.99. The molecule has 4 atom stereocenters. The predicted octanol–water partition coefficient (Wildman–Crippen LogP) is 2.13. The summed E-state index contributed by atoms with van der Waals surface area (Å²) in [6.07, 6.45) is 3.87. The maximum Gasteiger partial charge on any atom is 0.328 e. The molecule has 19 heavy (non-hydrogen) atoms. The molecule has 1 saturated heterocycles. The Balaban J connectivity index is 2.00. The zero-order chi connectivity index (χ0) is 14.0. The lowest BCUT2D eigenvalue weighted by Crippen LogP contribution is -2.45. The van der Waals surface area contributed by atoms with E-state index in [2.05, 4.69) is 26.1 Å². The van der Waals surface area contributed by atoms with Crippen LogP contribution in [-0.4, -0.2) is 24.5 Å². The molecule has 0 bridgehead atoms. The van der Waals surface area contributed by atoms with Gasteiger partial charge in [-0.15, -0.1) is 0 Å². The molecule has 0 aromatic carbocycles. The maximum atomic E-state index is 12.4. The van der Waals surface area contributed by atoms with Gasteiger partial charge in [0.15, 0.2) is 0 Å². The van der Waals surface area contributed by atoms with Crippen molar-refractivity contribution >= 4 is 11.9 Å². The summed E-state index contributed by atoms with van der Waals surface area (Å²) in [7, 11) is 0. The number of cyclic esters (lactones) is 1. The normalized spacial score (nSPS) is 35.3. The average Bonchev–Trinajstić information content (AvgIpc) is 2.74. The van der Waals surface area contributed by atoms with Gasteiger partial charge in [0.1, 0.15) is 6.04 Å². The minimum Gasteiger partial charge on any atom is -0.464 e. The highest BCUT2D eigenvalue weighted by Crippen LogP contribution is 2.38. The number of esters is 1. The van der Waals surface area contributed by atoms with Crippen LogP contribution < -0.4 is 5.32 Å². The van der Waals surface area contributed by atoms with Gasteiger partial charge in [0.2, 0.25) is 5.91 Å². The Morgan fingerprint density at radius 1 is 1.32 bits per heavy atom. The number of nitrogens with one attached hydrogen (secondary N) is 1. The molecule has 1 heterocycles. The van der Waals surface area contributed by atoms with Crippen molar-refractivity contribution in [2.24, 2.45) is 23.7 Å². The number of amides is 1. The van der Waals surface area contributed by atoms with E-state index in [0.717, 1.165) is 12.8 Å². The van der Waals surface area contributed by atoms with Gasteiger partial charge >= 0.3 is 5.97 Å². The van der Waals surface area contributed by atoms with E-state index in [1.54, 1.807) is 0 Å². The second-order valence-corrected chi connectivity index (χ2v) is 6.45. The van der Waals surface area contributed by atoms with E-state index in [9.17, 15) is 9.59 Å².